The number of halogens is 1. The van der Waals surface area contributed by atoms with Crippen LogP contribution in [0, 0.1) is 5.82 Å². The third-order valence-corrected chi connectivity index (χ3v) is 3.91. The molecule has 0 spiro atoms. The summed E-state index contributed by atoms with van der Waals surface area (Å²) in [6.45, 7) is 2.67. The fourth-order valence-corrected chi connectivity index (χ4v) is 2.30. The van der Waals surface area contributed by atoms with E-state index in [-0.39, 0.29) is 11.4 Å². The molecule has 3 heteroatoms. The van der Waals surface area contributed by atoms with Crippen molar-refractivity contribution in [2.45, 2.75) is 37.8 Å². The maximum Gasteiger partial charge on any atom is 0.126 e. The highest BCUT2D eigenvalue weighted by molar-refractivity contribution is 5.20. The van der Waals surface area contributed by atoms with Gasteiger partial charge in [0, 0.05) is 18.1 Å². The second-order valence-corrected chi connectivity index (χ2v) is 5.31. The molecule has 0 amide bonds. The predicted molar refractivity (Wildman–Crippen MR) is 68.3 cm³/mol. The lowest BCUT2D eigenvalue weighted by atomic mass is 9.91. The quantitative estimate of drug-likeness (QED) is 0.849. The molecule has 94 valence electrons. The van der Waals surface area contributed by atoms with Gasteiger partial charge in [-0.2, -0.15) is 0 Å². The van der Waals surface area contributed by atoms with Crippen molar-refractivity contribution in [2.75, 3.05) is 13.6 Å². The Morgan fingerprint density at radius 1 is 1.41 bits per heavy atom. The van der Waals surface area contributed by atoms with Gasteiger partial charge in [-0.1, -0.05) is 18.2 Å². The van der Waals surface area contributed by atoms with E-state index in [4.69, 9.17) is 5.73 Å². The van der Waals surface area contributed by atoms with E-state index in [2.05, 4.69) is 18.9 Å². The summed E-state index contributed by atoms with van der Waals surface area (Å²) < 4.78 is 13.7. The topological polar surface area (TPSA) is 29.3 Å². The number of benzene rings is 1. The van der Waals surface area contributed by atoms with Crippen LogP contribution >= 0.6 is 0 Å². The Balaban J connectivity index is 2.16. The van der Waals surface area contributed by atoms with E-state index in [1.165, 1.54) is 18.9 Å². The van der Waals surface area contributed by atoms with Gasteiger partial charge in [-0.25, -0.2) is 4.39 Å². The van der Waals surface area contributed by atoms with E-state index >= 15 is 0 Å². The fourth-order valence-electron chi connectivity index (χ4n) is 2.30. The predicted octanol–water partition coefficient (Wildman–Crippen LogP) is 2.18. The van der Waals surface area contributed by atoms with Crippen LogP contribution in [0.5, 0.6) is 0 Å². The summed E-state index contributed by atoms with van der Waals surface area (Å²) in [5.74, 6) is -0.128. The van der Waals surface area contributed by atoms with Crippen molar-refractivity contribution in [3.63, 3.8) is 0 Å². The molecule has 1 aromatic carbocycles. The minimum atomic E-state index is -0.149. The van der Waals surface area contributed by atoms with Crippen molar-refractivity contribution in [1.29, 1.82) is 0 Å². The number of hydrogen-bond acceptors (Lipinski definition) is 2. The molecule has 1 fully saturated rings. The van der Waals surface area contributed by atoms with E-state index < -0.39 is 0 Å². The third kappa shape index (κ3) is 2.67. The van der Waals surface area contributed by atoms with Crippen LogP contribution in [0.25, 0.3) is 0 Å². The summed E-state index contributed by atoms with van der Waals surface area (Å²) >= 11 is 0. The van der Waals surface area contributed by atoms with E-state index in [0.717, 1.165) is 5.56 Å². The van der Waals surface area contributed by atoms with Crippen LogP contribution in [0.4, 0.5) is 4.39 Å². The van der Waals surface area contributed by atoms with Crippen LogP contribution in [-0.2, 0) is 6.42 Å². The van der Waals surface area contributed by atoms with Crippen LogP contribution in [-0.4, -0.2) is 30.1 Å². The molecule has 0 heterocycles. The third-order valence-electron chi connectivity index (χ3n) is 3.91. The van der Waals surface area contributed by atoms with Gasteiger partial charge in [0.05, 0.1) is 0 Å². The molecule has 2 rings (SSSR count). The number of hydrogen-bond donors (Lipinski definition) is 1. The lowest BCUT2D eigenvalue weighted by Gasteiger charge is -2.38. The SMILES string of the molecule is CN(C1CC1)C(C)(CN)Cc1ccccc1F. The van der Waals surface area contributed by atoms with Gasteiger partial charge < -0.3 is 5.73 Å². The summed E-state index contributed by atoms with van der Waals surface area (Å²) in [6.07, 6.45) is 3.15. The second-order valence-electron chi connectivity index (χ2n) is 5.31. The number of nitrogens with two attached hydrogens (primary N) is 1. The van der Waals surface area contributed by atoms with Crippen LogP contribution in [0.15, 0.2) is 24.3 Å². The minimum Gasteiger partial charge on any atom is -0.329 e. The van der Waals surface area contributed by atoms with Gasteiger partial charge in [-0.05, 0) is 44.9 Å². The van der Waals surface area contributed by atoms with Crippen molar-refractivity contribution in [3.8, 4) is 0 Å². The lowest BCUT2D eigenvalue weighted by molar-refractivity contribution is 0.134. The van der Waals surface area contributed by atoms with Crippen LogP contribution in [0.2, 0.25) is 0 Å². The molecule has 0 saturated heterocycles. The summed E-state index contributed by atoms with van der Waals surface area (Å²) in [7, 11) is 2.10. The van der Waals surface area contributed by atoms with E-state index in [9.17, 15) is 4.39 Å². The Hall–Kier alpha value is -0.930. The van der Waals surface area contributed by atoms with Crippen LogP contribution in [0.3, 0.4) is 0 Å². The van der Waals surface area contributed by atoms with Gasteiger partial charge in [0.25, 0.3) is 0 Å². The minimum absolute atomic E-state index is 0.128. The zero-order chi connectivity index (χ0) is 12.5. The smallest absolute Gasteiger partial charge is 0.126 e. The normalized spacial score (nSPS) is 19.4. The highest BCUT2D eigenvalue weighted by Crippen LogP contribution is 2.32. The zero-order valence-corrected chi connectivity index (χ0v) is 10.6. The molecule has 0 aromatic heterocycles. The van der Waals surface area contributed by atoms with E-state index in [1.807, 2.05) is 12.1 Å². The van der Waals surface area contributed by atoms with Gasteiger partial charge in [0.2, 0.25) is 0 Å². The molecule has 0 bridgehead atoms. The van der Waals surface area contributed by atoms with E-state index in [1.54, 1.807) is 6.07 Å². The first-order chi connectivity index (χ1) is 8.07. The monoisotopic (exact) mass is 236 g/mol. The molecule has 1 aliphatic rings. The van der Waals surface area contributed by atoms with Gasteiger partial charge in [-0.3, -0.25) is 4.90 Å². The molecule has 2 N–H and O–H groups in total. The first-order valence-corrected chi connectivity index (χ1v) is 6.23. The largest absolute Gasteiger partial charge is 0.329 e. The zero-order valence-electron chi connectivity index (χ0n) is 10.6. The molecule has 1 saturated carbocycles. The Labute approximate surface area is 103 Å². The van der Waals surface area contributed by atoms with Crippen molar-refractivity contribution in [1.82, 2.24) is 4.90 Å². The maximum absolute atomic E-state index is 13.7. The first-order valence-electron chi connectivity index (χ1n) is 6.23. The van der Waals surface area contributed by atoms with Gasteiger partial charge in [0.15, 0.2) is 0 Å². The molecule has 2 nitrogen and oxygen atoms in total. The molecule has 0 aliphatic heterocycles. The number of nitrogens with zero attached hydrogens (tertiary/aromatic N) is 1. The summed E-state index contributed by atoms with van der Waals surface area (Å²) in [6, 6.07) is 7.61. The summed E-state index contributed by atoms with van der Waals surface area (Å²) in [5, 5.41) is 0. The highest BCUT2D eigenvalue weighted by Gasteiger charge is 2.38. The Bertz CT molecular complexity index is 390. The fraction of sp³-hybridized carbons (Fsp3) is 0.571. The van der Waals surface area contributed by atoms with E-state index in [0.29, 0.717) is 19.0 Å². The van der Waals surface area contributed by atoms with Gasteiger partial charge in [-0.15, -0.1) is 0 Å². The second kappa shape index (κ2) is 4.75. The molecule has 0 radical (unpaired) electrons. The average Bonchev–Trinajstić information content (AvgIpc) is 3.15. The van der Waals surface area contributed by atoms with Crippen molar-refractivity contribution < 1.29 is 4.39 Å². The van der Waals surface area contributed by atoms with Crippen molar-refractivity contribution in [3.05, 3.63) is 35.6 Å². The molecule has 1 atom stereocenters. The summed E-state index contributed by atoms with van der Waals surface area (Å²) in [5.41, 5.74) is 6.52. The van der Waals surface area contributed by atoms with Gasteiger partial charge >= 0.3 is 0 Å². The Morgan fingerprint density at radius 3 is 2.59 bits per heavy atom. The number of rotatable bonds is 5. The van der Waals surface area contributed by atoms with Crippen LogP contribution in [0.1, 0.15) is 25.3 Å². The molecule has 1 unspecified atom stereocenters. The lowest BCUT2D eigenvalue weighted by Crippen LogP contribution is -2.52. The maximum atomic E-state index is 13.7. The Morgan fingerprint density at radius 2 is 2.06 bits per heavy atom. The molecule has 1 aliphatic carbocycles. The standard InChI is InChI=1S/C14H21FN2/c1-14(10-16,17(2)12-7-8-12)9-11-5-3-4-6-13(11)15/h3-6,12H,7-10,16H2,1-2H3. The highest BCUT2D eigenvalue weighted by atomic mass is 19.1. The Kier molecular flexibility index (Phi) is 3.50. The summed E-state index contributed by atoms with van der Waals surface area (Å²) in [4.78, 5) is 2.32. The van der Waals surface area contributed by atoms with Gasteiger partial charge in [0.1, 0.15) is 5.82 Å². The van der Waals surface area contributed by atoms with Crippen LogP contribution < -0.4 is 5.73 Å². The average molecular weight is 236 g/mol. The molecule has 1 aromatic rings. The van der Waals surface area contributed by atoms with Crippen molar-refractivity contribution >= 4 is 0 Å². The molecular formula is C14H21FN2. The molecule has 17 heavy (non-hydrogen) atoms. The van der Waals surface area contributed by atoms with Crippen molar-refractivity contribution in [2.24, 2.45) is 5.73 Å². The molecular weight excluding hydrogens is 215 g/mol. The first kappa shape index (κ1) is 12.5. The number of likely N-dealkylation sites (N-methyl/N-ethyl adjacent to an activating group) is 1.